The lowest BCUT2D eigenvalue weighted by Crippen LogP contribution is -2.45. The molecule has 5 rings (SSSR count). The average molecular weight is 497 g/mol. The zero-order valence-corrected chi connectivity index (χ0v) is 21.5. The monoisotopic (exact) mass is 496 g/mol. The minimum absolute atomic E-state index is 0.0678. The highest BCUT2D eigenvalue weighted by atomic mass is 28.4. The standard InChI is InChI=1S/C27H33FN2O4Si/c1-18-25(35(2,3)28)23(13-15-31)34-27(18)21-16-20(29-14-7-10-24(29)32)11-12-22(21)30(26(27)33)17-19-8-5-4-6-9-19/h4-6,8-9,11-12,16,18,23,25,31H,7,10,13-15,17H2,1-3H3/t18-,23+,25-,27+/m0/s1. The molecule has 1 spiro atoms. The molecule has 2 amide bonds. The number of rotatable bonds is 6. The maximum Gasteiger partial charge on any atom is 0.264 e. The lowest BCUT2D eigenvalue weighted by molar-refractivity contribution is -0.146. The summed E-state index contributed by atoms with van der Waals surface area (Å²) in [5, 5.41) is 9.73. The van der Waals surface area contributed by atoms with E-state index in [0.717, 1.165) is 23.4 Å². The van der Waals surface area contributed by atoms with Crippen molar-refractivity contribution in [2.75, 3.05) is 23.0 Å². The zero-order chi connectivity index (χ0) is 25.0. The lowest BCUT2D eigenvalue weighted by Gasteiger charge is -2.31. The van der Waals surface area contributed by atoms with Crippen LogP contribution in [-0.2, 0) is 26.5 Å². The van der Waals surface area contributed by atoms with Gasteiger partial charge in [0.05, 0.1) is 18.3 Å². The molecule has 0 aliphatic carbocycles. The van der Waals surface area contributed by atoms with Crippen molar-refractivity contribution in [1.29, 1.82) is 0 Å². The van der Waals surface area contributed by atoms with Crippen LogP contribution in [-0.4, -0.2) is 44.6 Å². The van der Waals surface area contributed by atoms with Crippen molar-refractivity contribution in [2.45, 2.75) is 63.1 Å². The number of ether oxygens (including phenoxy) is 1. The summed E-state index contributed by atoms with van der Waals surface area (Å²) in [6.07, 6.45) is 1.04. The van der Waals surface area contributed by atoms with Crippen LogP contribution in [0, 0.1) is 5.92 Å². The van der Waals surface area contributed by atoms with Gasteiger partial charge in [-0.2, -0.15) is 0 Å². The third-order valence-corrected chi connectivity index (χ3v) is 10.4. The third-order valence-electron chi connectivity index (χ3n) is 7.93. The number of halogens is 1. The summed E-state index contributed by atoms with van der Waals surface area (Å²) in [6, 6.07) is 15.5. The van der Waals surface area contributed by atoms with E-state index in [1.54, 1.807) is 22.9 Å². The Kier molecular flexibility index (Phi) is 6.10. The Morgan fingerprint density at radius 3 is 2.54 bits per heavy atom. The second-order valence-electron chi connectivity index (χ2n) is 10.5. The van der Waals surface area contributed by atoms with Crippen molar-refractivity contribution >= 4 is 31.6 Å². The Bertz CT molecular complexity index is 1140. The Hall–Kier alpha value is -2.55. The number of benzene rings is 2. The number of aliphatic hydroxyl groups is 1. The van der Waals surface area contributed by atoms with Gasteiger partial charge in [-0.25, -0.2) is 0 Å². The number of hydrogen-bond acceptors (Lipinski definition) is 4. The van der Waals surface area contributed by atoms with Gasteiger partial charge in [0.15, 0.2) is 5.60 Å². The van der Waals surface area contributed by atoms with Crippen LogP contribution in [0.15, 0.2) is 48.5 Å². The van der Waals surface area contributed by atoms with Gasteiger partial charge in [0.25, 0.3) is 5.91 Å². The maximum absolute atomic E-state index is 15.7. The molecule has 3 aliphatic rings. The highest BCUT2D eigenvalue weighted by molar-refractivity contribution is 6.72. The minimum atomic E-state index is -3.25. The molecule has 6 nitrogen and oxygen atoms in total. The van der Waals surface area contributed by atoms with Crippen LogP contribution in [0.4, 0.5) is 15.5 Å². The van der Waals surface area contributed by atoms with Gasteiger partial charge in [-0.05, 0) is 49.7 Å². The highest BCUT2D eigenvalue weighted by Gasteiger charge is 2.66. The van der Waals surface area contributed by atoms with Crippen molar-refractivity contribution in [3.63, 3.8) is 0 Å². The molecular formula is C27H33FN2O4Si. The first-order valence-corrected chi connectivity index (χ1v) is 15.4. The average Bonchev–Trinajstić information content (AvgIpc) is 3.44. The predicted octanol–water partition coefficient (Wildman–Crippen LogP) is 4.52. The number of aliphatic hydroxyl groups excluding tert-OH is 1. The molecule has 0 unspecified atom stereocenters. The fourth-order valence-corrected chi connectivity index (χ4v) is 8.99. The molecule has 186 valence electrons. The lowest BCUT2D eigenvalue weighted by atomic mass is 9.82. The topological polar surface area (TPSA) is 70.1 Å². The molecule has 2 saturated heterocycles. The third kappa shape index (κ3) is 3.82. The minimum Gasteiger partial charge on any atom is -0.396 e. The molecule has 0 aromatic heterocycles. The highest BCUT2D eigenvalue weighted by Crippen LogP contribution is 2.60. The van der Waals surface area contributed by atoms with Crippen LogP contribution in [0.2, 0.25) is 18.6 Å². The van der Waals surface area contributed by atoms with Crippen molar-refractivity contribution in [1.82, 2.24) is 0 Å². The number of amides is 2. The molecule has 2 aromatic carbocycles. The van der Waals surface area contributed by atoms with E-state index >= 15 is 4.11 Å². The molecule has 4 atom stereocenters. The molecule has 1 N–H and O–H groups in total. The number of fused-ring (bicyclic) bond motifs is 2. The Labute approximate surface area is 206 Å². The summed E-state index contributed by atoms with van der Waals surface area (Å²) in [6.45, 7) is 6.11. The molecule has 2 aromatic rings. The summed E-state index contributed by atoms with van der Waals surface area (Å²) in [5.41, 5.74) is 1.38. The molecule has 0 bridgehead atoms. The first-order valence-electron chi connectivity index (χ1n) is 12.5. The fourth-order valence-electron chi connectivity index (χ4n) is 6.44. The number of hydrogen-bond donors (Lipinski definition) is 1. The fraction of sp³-hybridized carbons (Fsp3) is 0.481. The van der Waals surface area contributed by atoms with Gasteiger partial charge >= 0.3 is 0 Å². The molecular weight excluding hydrogens is 463 g/mol. The summed E-state index contributed by atoms with van der Waals surface area (Å²) in [5.74, 6) is -0.544. The van der Waals surface area contributed by atoms with Gasteiger partial charge < -0.3 is 23.8 Å². The van der Waals surface area contributed by atoms with Crippen molar-refractivity contribution in [3.05, 3.63) is 59.7 Å². The van der Waals surface area contributed by atoms with E-state index < -0.39 is 31.6 Å². The van der Waals surface area contributed by atoms with Crippen LogP contribution < -0.4 is 9.80 Å². The van der Waals surface area contributed by atoms with E-state index in [9.17, 15) is 14.7 Å². The summed E-state index contributed by atoms with van der Waals surface area (Å²) in [7, 11) is -3.25. The molecule has 8 heteroatoms. The Balaban J connectivity index is 1.65. The van der Waals surface area contributed by atoms with E-state index in [0.29, 0.717) is 25.1 Å². The molecule has 2 fully saturated rings. The normalized spacial score (nSPS) is 28.4. The largest absolute Gasteiger partial charge is 0.396 e. The van der Waals surface area contributed by atoms with Gasteiger partial charge in [-0.1, -0.05) is 37.3 Å². The smallest absolute Gasteiger partial charge is 0.264 e. The van der Waals surface area contributed by atoms with Gasteiger partial charge in [-0.3, -0.25) is 9.59 Å². The molecule has 0 saturated carbocycles. The van der Waals surface area contributed by atoms with Crippen LogP contribution in [0.25, 0.3) is 0 Å². The summed E-state index contributed by atoms with van der Waals surface area (Å²) < 4.78 is 22.3. The first-order chi connectivity index (χ1) is 16.7. The number of carbonyl (C=O) groups excluding carboxylic acids is 2. The Morgan fingerprint density at radius 2 is 1.91 bits per heavy atom. The van der Waals surface area contributed by atoms with Crippen LogP contribution >= 0.6 is 0 Å². The van der Waals surface area contributed by atoms with E-state index in [-0.39, 0.29) is 24.8 Å². The number of carbonyl (C=O) groups is 2. The van der Waals surface area contributed by atoms with E-state index in [1.165, 1.54) is 0 Å². The van der Waals surface area contributed by atoms with Crippen molar-refractivity contribution in [2.24, 2.45) is 5.92 Å². The first kappa shape index (κ1) is 24.2. The molecule has 0 radical (unpaired) electrons. The quantitative estimate of drug-likeness (QED) is 0.472. The summed E-state index contributed by atoms with van der Waals surface area (Å²) in [4.78, 5) is 30.3. The van der Waals surface area contributed by atoms with Gasteiger partial charge in [0, 0.05) is 42.3 Å². The van der Waals surface area contributed by atoms with Crippen molar-refractivity contribution in [3.8, 4) is 0 Å². The number of anilines is 2. The van der Waals surface area contributed by atoms with E-state index in [2.05, 4.69) is 0 Å². The predicted molar refractivity (Wildman–Crippen MR) is 135 cm³/mol. The van der Waals surface area contributed by atoms with Crippen molar-refractivity contribution < 1.29 is 23.5 Å². The Morgan fingerprint density at radius 1 is 1.17 bits per heavy atom. The summed E-state index contributed by atoms with van der Waals surface area (Å²) >= 11 is 0. The molecule has 3 heterocycles. The van der Waals surface area contributed by atoms with E-state index in [1.807, 2.05) is 55.5 Å². The van der Waals surface area contributed by atoms with E-state index in [4.69, 9.17) is 4.74 Å². The second-order valence-corrected chi connectivity index (χ2v) is 14.3. The van der Waals surface area contributed by atoms with Crippen LogP contribution in [0.1, 0.15) is 37.3 Å². The molecule has 35 heavy (non-hydrogen) atoms. The second kappa shape index (κ2) is 8.83. The molecule has 3 aliphatic heterocycles. The van der Waals surface area contributed by atoms with Gasteiger partial charge in [0.2, 0.25) is 14.3 Å². The zero-order valence-electron chi connectivity index (χ0n) is 20.5. The number of nitrogens with zero attached hydrogens (tertiary/aromatic N) is 2. The van der Waals surface area contributed by atoms with Gasteiger partial charge in [0.1, 0.15) is 0 Å². The van der Waals surface area contributed by atoms with Gasteiger partial charge in [-0.15, -0.1) is 0 Å². The van der Waals surface area contributed by atoms with Crippen LogP contribution in [0.3, 0.4) is 0 Å². The maximum atomic E-state index is 15.7. The SMILES string of the molecule is C[C@H]1[C@H]([Si](C)(C)F)[C@@H](CCO)O[C@]12C(=O)N(Cc1ccccc1)c1ccc(N3CCCC3=O)cc12. The van der Waals surface area contributed by atoms with Crippen LogP contribution in [0.5, 0.6) is 0 Å².